The first kappa shape index (κ1) is 12.8. The minimum absolute atomic E-state index is 0.0865. The lowest BCUT2D eigenvalue weighted by Gasteiger charge is -2.10. The van der Waals surface area contributed by atoms with Crippen molar-refractivity contribution >= 4 is 21.4 Å². The van der Waals surface area contributed by atoms with Gasteiger partial charge < -0.3 is 10.5 Å². The Labute approximate surface area is 95.7 Å². The summed E-state index contributed by atoms with van der Waals surface area (Å²) in [5, 5.41) is 0. The molecular formula is C10H16N2O3S. The van der Waals surface area contributed by atoms with Gasteiger partial charge in [0.25, 0.3) is 0 Å². The molecule has 0 aromatic heterocycles. The van der Waals surface area contributed by atoms with E-state index in [1.54, 1.807) is 18.2 Å². The number of ether oxygens (including phenoxy) is 1. The molecule has 0 spiro atoms. The van der Waals surface area contributed by atoms with Crippen LogP contribution < -0.4 is 10.5 Å². The number of benzene rings is 1. The van der Waals surface area contributed by atoms with Gasteiger partial charge >= 0.3 is 0 Å². The molecule has 1 rings (SSSR count). The third-order valence-electron chi connectivity index (χ3n) is 2.03. The molecule has 0 fully saturated rings. The van der Waals surface area contributed by atoms with Crippen molar-refractivity contribution < 1.29 is 13.2 Å². The molecule has 5 nitrogen and oxygen atoms in total. The van der Waals surface area contributed by atoms with Crippen LogP contribution in [-0.2, 0) is 14.8 Å². The first-order valence-corrected chi connectivity index (χ1v) is 6.45. The lowest BCUT2D eigenvalue weighted by molar-refractivity contribution is 0.217. The van der Waals surface area contributed by atoms with Gasteiger partial charge in [-0.25, -0.2) is 8.42 Å². The number of rotatable bonds is 5. The average molecular weight is 244 g/mol. The Hall–Kier alpha value is -1.27. The van der Waals surface area contributed by atoms with Crippen molar-refractivity contribution in [3.63, 3.8) is 0 Å². The molecule has 0 radical (unpaired) electrons. The summed E-state index contributed by atoms with van der Waals surface area (Å²) in [6.45, 7) is 2.04. The third-order valence-corrected chi connectivity index (χ3v) is 3.26. The molecule has 90 valence electrons. The van der Waals surface area contributed by atoms with E-state index in [0.29, 0.717) is 11.4 Å². The van der Waals surface area contributed by atoms with Gasteiger partial charge in [-0.15, -0.1) is 0 Å². The van der Waals surface area contributed by atoms with Gasteiger partial charge in [0.15, 0.2) is 0 Å². The van der Waals surface area contributed by atoms with Gasteiger partial charge in [0.1, 0.15) is 0 Å². The number of nitrogen functional groups attached to an aromatic ring is 1. The maximum Gasteiger partial charge on any atom is 0.235 e. The quantitative estimate of drug-likeness (QED) is 0.756. The normalized spacial score (nSPS) is 11.4. The smallest absolute Gasteiger partial charge is 0.235 e. The topological polar surface area (TPSA) is 81.4 Å². The van der Waals surface area contributed by atoms with Crippen LogP contribution in [0.25, 0.3) is 0 Å². The molecule has 6 heteroatoms. The Morgan fingerprint density at radius 1 is 1.44 bits per heavy atom. The molecule has 0 aliphatic rings. The second-order valence-corrected chi connectivity index (χ2v) is 5.35. The zero-order valence-corrected chi connectivity index (χ0v) is 10.2. The molecule has 0 amide bonds. The van der Waals surface area contributed by atoms with E-state index in [0.717, 1.165) is 5.56 Å². The van der Waals surface area contributed by atoms with Gasteiger partial charge in [0, 0.05) is 7.11 Å². The van der Waals surface area contributed by atoms with Crippen LogP contribution >= 0.6 is 0 Å². The van der Waals surface area contributed by atoms with Crippen LogP contribution in [-0.4, -0.2) is 27.9 Å². The van der Waals surface area contributed by atoms with Crippen molar-refractivity contribution in [3.05, 3.63) is 23.8 Å². The number of nitrogens with two attached hydrogens (primary N) is 1. The van der Waals surface area contributed by atoms with E-state index >= 15 is 0 Å². The Balaban J connectivity index is 2.80. The fraction of sp³-hybridized carbons (Fsp3) is 0.400. The first-order chi connectivity index (χ1) is 7.44. The van der Waals surface area contributed by atoms with Crippen molar-refractivity contribution in [1.82, 2.24) is 0 Å². The summed E-state index contributed by atoms with van der Waals surface area (Å²) in [7, 11) is -1.93. The molecule has 0 saturated carbocycles. The summed E-state index contributed by atoms with van der Waals surface area (Å²) in [6.07, 6.45) is 0. The summed E-state index contributed by atoms with van der Waals surface area (Å²) in [5.74, 6) is -0.0865. The molecule has 3 N–H and O–H groups in total. The molecule has 0 unspecified atom stereocenters. The highest BCUT2D eigenvalue weighted by atomic mass is 32.2. The summed E-state index contributed by atoms with van der Waals surface area (Å²) in [4.78, 5) is 0. The summed E-state index contributed by atoms with van der Waals surface area (Å²) >= 11 is 0. The Kier molecular flexibility index (Phi) is 4.14. The molecule has 1 aromatic carbocycles. The summed E-state index contributed by atoms with van der Waals surface area (Å²) < 4.78 is 30.2. The van der Waals surface area contributed by atoms with Gasteiger partial charge in [0.05, 0.1) is 23.7 Å². The molecule has 16 heavy (non-hydrogen) atoms. The van der Waals surface area contributed by atoms with Gasteiger partial charge in [-0.05, 0) is 24.6 Å². The zero-order chi connectivity index (χ0) is 12.2. The van der Waals surface area contributed by atoms with Crippen LogP contribution in [0.1, 0.15) is 5.56 Å². The molecular weight excluding hydrogens is 228 g/mol. The van der Waals surface area contributed by atoms with Crippen LogP contribution in [0.3, 0.4) is 0 Å². The van der Waals surface area contributed by atoms with Gasteiger partial charge in [-0.2, -0.15) is 0 Å². The largest absolute Gasteiger partial charge is 0.397 e. The van der Waals surface area contributed by atoms with Crippen molar-refractivity contribution in [1.29, 1.82) is 0 Å². The van der Waals surface area contributed by atoms with Crippen molar-refractivity contribution in [2.75, 3.05) is 29.9 Å². The second kappa shape index (κ2) is 5.18. The minimum atomic E-state index is -3.39. The Morgan fingerprint density at radius 3 is 2.69 bits per heavy atom. The molecule has 1 aromatic rings. The van der Waals surface area contributed by atoms with Crippen LogP contribution in [0.5, 0.6) is 0 Å². The molecule has 0 bridgehead atoms. The Morgan fingerprint density at radius 2 is 2.12 bits per heavy atom. The average Bonchev–Trinajstić information content (AvgIpc) is 2.19. The number of nitrogens with one attached hydrogen (secondary N) is 1. The Bertz CT molecular complexity index is 457. The van der Waals surface area contributed by atoms with E-state index in [9.17, 15) is 8.42 Å². The third kappa shape index (κ3) is 3.71. The summed E-state index contributed by atoms with van der Waals surface area (Å²) in [5.41, 5.74) is 7.50. The van der Waals surface area contributed by atoms with Crippen molar-refractivity contribution in [3.8, 4) is 0 Å². The zero-order valence-electron chi connectivity index (χ0n) is 9.36. The first-order valence-electron chi connectivity index (χ1n) is 4.80. The highest BCUT2D eigenvalue weighted by molar-refractivity contribution is 7.92. The van der Waals surface area contributed by atoms with E-state index in [4.69, 9.17) is 10.5 Å². The van der Waals surface area contributed by atoms with Crippen molar-refractivity contribution in [2.24, 2.45) is 0 Å². The van der Waals surface area contributed by atoms with Crippen LogP contribution in [0.4, 0.5) is 11.4 Å². The second-order valence-electron chi connectivity index (χ2n) is 3.50. The number of hydrogen-bond donors (Lipinski definition) is 2. The molecule has 0 heterocycles. The van der Waals surface area contributed by atoms with Gasteiger partial charge in [-0.1, -0.05) is 6.07 Å². The van der Waals surface area contributed by atoms with E-state index in [2.05, 4.69) is 4.72 Å². The molecule has 0 atom stereocenters. The van der Waals surface area contributed by atoms with Crippen LogP contribution in [0.2, 0.25) is 0 Å². The van der Waals surface area contributed by atoms with E-state index in [1.807, 2.05) is 6.92 Å². The van der Waals surface area contributed by atoms with Gasteiger partial charge in [-0.3, -0.25) is 4.72 Å². The number of anilines is 2. The molecule has 0 aliphatic heterocycles. The standard InChI is InChI=1S/C10H16N2O3S/c1-8-3-4-10(9(11)7-8)12-16(13,14)6-5-15-2/h3-4,7,12H,5-6,11H2,1-2H3. The SMILES string of the molecule is COCCS(=O)(=O)Nc1ccc(C)cc1N. The maximum atomic E-state index is 11.5. The van der Waals surface area contributed by atoms with E-state index in [1.165, 1.54) is 7.11 Å². The number of sulfonamides is 1. The van der Waals surface area contributed by atoms with Gasteiger partial charge in [0.2, 0.25) is 10.0 Å². The molecule has 0 saturated heterocycles. The number of methoxy groups -OCH3 is 1. The van der Waals surface area contributed by atoms with Crippen LogP contribution in [0, 0.1) is 6.92 Å². The van der Waals surface area contributed by atoms with Crippen LogP contribution in [0.15, 0.2) is 18.2 Å². The fourth-order valence-corrected chi connectivity index (χ4v) is 2.20. The lowest BCUT2D eigenvalue weighted by atomic mass is 10.2. The van der Waals surface area contributed by atoms with E-state index in [-0.39, 0.29) is 12.4 Å². The highest BCUT2D eigenvalue weighted by Crippen LogP contribution is 2.20. The minimum Gasteiger partial charge on any atom is -0.397 e. The lowest BCUT2D eigenvalue weighted by Crippen LogP contribution is -2.20. The number of aryl methyl sites for hydroxylation is 1. The predicted molar refractivity (Wildman–Crippen MR) is 64.9 cm³/mol. The maximum absolute atomic E-state index is 11.5. The predicted octanol–water partition coefficient (Wildman–Crippen LogP) is 0.965. The molecule has 0 aliphatic carbocycles. The van der Waals surface area contributed by atoms with Crippen molar-refractivity contribution in [2.45, 2.75) is 6.92 Å². The monoisotopic (exact) mass is 244 g/mol. The fourth-order valence-electron chi connectivity index (χ4n) is 1.19. The number of hydrogen-bond acceptors (Lipinski definition) is 4. The van der Waals surface area contributed by atoms with E-state index < -0.39 is 10.0 Å². The summed E-state index contributed by atoms with van der Waals surface area (Å²) in [6, 6.07) is 5.16. The highest BCUT2D eigenvalue weighted by Gasteiger charge is 2.11.